The molecule has 3 N–H and O–H groups in total. The molecule has 4 aromatic rings. The predicted molar refractivity (Wildman–Crippen MR) is 124 cm³/mol. The van der Waals surface area contributed by atoms with Crippen molar-refractivity contribution in [1.82, 2.24) is 4.98 Å². The maximum absolute atomic E-state index is 11.0. The second kappa shape index (κ2) is 7.20. The number of anilines is 1. The summed E-state index contributed by atoms with van der Waals surface area (Å²) in [5, 5.41) is 15.2. The lowest BCUT2D eigenvalue weighted by atomic mass is 10.0. The van der Waals surface area contributed by atoms with Gasteiger partial charge in [-0.2, -0.15) is 0 Å². The molecule has 2 aliphatic heterocycles. The summed E-state index contributed by atoms with van der Waals surface area (Å²) < 4.78 is 12.0. The van der Waals surface area contributed by atoms with Gasteiger partial charge in [-0.1, -0.05) is 30.3 Å². The first-order valence-corrected chi connectivity index (χ1v) is 10.5. The number of aliphatic hydroxyl groups excluding tert-OH is 1. The number of aryl methyl sites for hydroxylation is 1. The number of aromatic amines is 1. The Bertz CT molecular complexity index is 1400. The van der Waals surface area contributed by atoms with E-state index in [0.29, 0.717) is 18.2 Å². The summed E-state index contributed by atoms with van der Waals surface area (Å²) in [6.45, 7) is 2.47. The third-order valence-electron chi connectivity index (χ3n) is 5.79. The summed E-state index contributed by atoms with van der Waals surface area (Å²) in [5.41, 5.74) is 6.13. The highest BCUT2D eigenvalue weighted by Crippen LogP contribution is 2.42. The molecule has 0 aliphatic carbocycles. The van der Waals surface area contributed by atoms with Crippen LogP contribution in [0.25, 0.3) is 10.9 Å². The second-order valence-corrected chi connectivity index (χ2v) is 8.05. The molecule has 3 heterocycles. The molecule has 158 valence electrons. The minimum Gasteiger partial charge on any atom is -0.506 e. The molecule has 0 fully saturated rings. The third kappa shape index (κ3) is 3.08. The molecule has 0 saturated heterocycles. The number of nitrogens with zero attached hydrogens (tertiary/aromatic N) is 1. The molecule has 1 unspecified atom stereocenters. The molecule has 1 atom stereocenters. The van der Waals surface area contributed by atoms with E-state index in [4.69, 9.17) is 9.47 Å². The van der Waals surface area contributed by atoms with E-state index in [9.17, 15) is 5.11 Å². The summed E-state index contributed by atoms with van der Waals surface area (Å²) in [5.74, 6) is 1.36. The fourth-order valence-corrected chi connectivity index (χ4v) is 4.14. The number of hydrogen-bond acceptors (Lipinski definition) is 5. The van der Waals surface area contributed by atoms with E-state index in [1.165, 1.54) is 0 Å². The second-order valence-electron chi connectivity index (χ2n) is 8.05. The van der Waals surface area contributed by atoms with Crippen LogP contribution in [0, 0.1) is 6.92 Å². The molecular weight excluding hydrogens is 402 g/mol. The minimum absolute atomic E-state index is 0.127. The molecular formula is C26H21N3O3. The summed E-state index contributed by atoms with van der Waals surface area (Å²) in [4.78, 5) is 7.90. The van der Waals surface area contributed by atoms with Crippen molar-refractivity contribution in [2.24, 2.45) is 4.99 Å². The van der Waals surface area contributed by atoms with Gasteiger partial charge in [-0.3, -0.25) is 0 Å². The molecule has 0 bridgehead atoms. The summed E-state index contributed by atoms with van der Waals surface area (Å²) in [6, 6.07) is 21.8. The smallest absolute Gasteiger partial charge is 0.243 e. The van der Waals surface area contributed by atoms with Crippen LogP contribution in [-0.4, -0.2) is 16.0 Å². The van der Waals surface area contributed by atoms with Crippen molar-refractivity contribution in [2.75, 3.05) is 5.32 Å². The van der Waals surface area contributed by atoms with E-state index in [2.05, 4.69) is 21.4 Å². The van der Waals surface area contributed by atoms with Crippen LogP contribution >= 0.6 is 0 Å². The normalized spacial score (nSPS) is 16.8. The Kier molecular flexibility index (Phi) is 4.18. The van der Waals surface area contributed by atoms with E-state index in [1.54, 1.807) is 0 Å². The van der Waals surface area contributed by atoms with Gasteiger partial charge in [-0.25, -0.2) is 4.99 Å². The average molecular weight is 423 g/mol. The average Bonchev–Trinajstić information content (AvgIpc) is 3.37. The predicted octanol–water partition coefficient (Wildman–Crippen LogP) is 6.05. The maximum atomic E-state index is 11.0. The van der Waals surface area contributed by atoms with Crippen molar-refractivity contribution in [2.45, 2.75) is 19.6 Å². The third-order valence-corrected chi connectivity index (χ3v) is 5.79. The summed E-state index contributed by atoms with van der Waals surface area (Å²) >= 11 is 0. The van der Waals surface area contributed by atoms with Crippen LogP contribution in [-0.2, 0) is 11.3 Å². The number of hydrogen-bond donors (Lipinski definition) is 3. The number of nitrogens with one attached hydrogen (secondary N) is 2. The maximum Gasteiger partial charge on any atom is 0.243 e. The van der Waals surface area contributed by atoms with Crippen molar-refractivity contribution < 1.29 is 14.6 Å². The number of H-pyrrole nitrogens is 1. The molecule has 0 saturated carbocycles. The van der Waals surface area contributed by atoms with Crippen molar-refractivity contribution in [1.29, 1.82) is 0 Å². The molecule has 6 heteroatoms. The summed E-state index contributed by atoms with van der Waals surface area (Å²) in [7, 11) is 0. The van der Waals surface area contributed by atoms with Gasteiger partial charge in [-0.15, -0.1) is 0 Å². The summed E-state index contributed by atoms with van der Waals surface area (Å²) in [6.07, 6.45) is 1.24. The lowest BCUT2D eigenvalue weighted by molar-refractivity contribution is 0.189. The zero-order valence-electron chi connectivity index (χ0n) is 17.4. The number of ether oxygens (including phenoxy) is 2. The fourth-order valence-electron chi connectivity index (χ4n) is 4.14. The SMILES string of the molecule is Cc1ccc2c(c1)N=C1OC(c3c[nH]c4ccc(COc5ccccc5)cc34)C(O)=C1N2. The Morgan fingerprint density at radius 3 is 2.81 bits per heavy atom. The van der Waals surface area contributed by atoms with Gasteiger partial charge in [0.05, 0.1) is 11.4 Å². The van der Waals surface area contributed by atoms with Crippen molar-refractivity contribution in [3.63, 3.8) is 0 Å². The molecule has 32 heavy (non-hydrogen) atoms. The van der Waals surface area contributed by atoms with E-state index in [1.807, 2.05) is 73.8 Å². The fraction of sp³-hybridized carbons (Fsp3) is 0.115. The van der Waals surface area contributed by atoms with Gasteiger partial charge in [0.1, 0.15) is 18.1 Å². The zero-order valence-corrected chi connectivity index (χ0v) is 17.4. The van der Waals surface area contributed by atoms with E-state index in [0.717, 1.165) is 44.7 Å². The van der Waals surface area contributed by atoms with Gasteiger partial charge in [0, 0.05) is 22.7 Å². The van der Waals surface area contributed by atoms with Gasteiger partial charge in [0.2, 0.25) is 5.90 Å². The largest absolute Gasteiger partial charge is 0.506 e. The number of rotatable bonds is 4. The van der Waals surface area contributed by atoms with Crippen LogP contribution in [0.4, 0.5) is 11.4 Å². The Morgan fingerprint density at radius 2 is 1.94 bits per heavy atom. The van der Waals surface area contributed by atoms with Gasteiger partial charge < -0.3 is 24.9 Å². The molecule has 0 spiro atoms. The first kappa shape index (κ1) is 18.6. The Morgan fingerprint density at radius 1 is 1.06 bits per heavy atom. The Labute approximate surface area is 184 Å². The Balaban J connectivity index is 1.32. The van der Waals surface area contributed by atoms with Gasteiger partial charge in [-0.05, 0) is 54.4 Å². The van der Waals surface area contributed by atoms with E-state index < -0.39 is 6.10 Å². The van der Waals surface area contributed by atoms with Crippen molar-refractivity contribution in [3.8, 4) is 5.75 Å². The van der Waals surface area contributed by atoms with Crippen LogP contribution in [0.15, 0.2) is 89.4 Å². The first-order valence-electron chi connectivity index (χ1n) is 10.5. The quantitative estimate of drug-likeness (QED) is 0.373. The lowest BCUT2D eigenvalue weighted by Gasteiger charge is -2.16. The molecule has 0 amide bonds. The van der Waals surface area contributed by atoms with Crippen LogP contribution < -0.4 is 10.1 Å². The number of para-hydroxylation sites is 1. The number of fused-ring (bicyclic) bond motifs is 3. The topological polar surface area (TPSA) is 78.9 Å². The number of aliphatic hydroxyl groups is 1. The standard InChI is InChI=1S/C26H21N3O3/c1-15-7-9-21-22(11-15)29-26-23(28-21)24(30)25(32-26)19-13-27-20-10-8-16(12-18(19)20)14-31-17-5-3-2-4-6-17/h2-13,25,27-28,30H,14H2,1H3. The monoisotopic (exact) mass is 423 g/mol. The van der Waals surface area contributed by atoms with Gasteiger partial charge >= 0.3 is 0 Å². The van der Waals surface area contributed by atoms with E-state index >= 15 is 0 Å². The van der Waals surface area contributed by atoms with Crippen LogP contribution in [0.1, 0.15) is 22.8 Å². The molecule has 6 nitrogen and oxygen atoms in total. The molecule has 3 aromatic carbocycles. The zero-order chi connectivity index (χ0) is 21.7. The molecule has 0 radical (unpaired) electrons. The molecule has 6 rings (SSSR count). The minimum atomic E-state index is -0.634. The van der Waals surface area contributed by atoms with E-state index in [-0.39, 0.29) is 5.76 Å². The van der Waals surface area contributed by atoms with Crippen molar-refractivity contribution >= 4 is 28.2 Å². The first-order chi connectivity index (χ1) is 15.7. The van der Waals surface area contributed by atoms with Crippen LogP contribution in [0.5, 0.6) is 5.75 Å². The number of aromatic nitrogens is 1. The highest BCUT2D eigenvalue weighted by atomic mass is 16.5. The van der Waals surface area contributed by atoms with Crippen LogP contribution in [0.3, 0.4) is 0 Å². The molecule has 2 aliphatic rings. The van der Waals surface area contributed by atoms with Crippen molar-refractivity contribution in [3.05, 3.63) is 101 Å². The van der Waals surface area contributed by atoms with Gasteiger partial charge in [0.25, 0.3) is 0 Å². The van der Waals surface area contributed by atoms with Crippen LogP contribution in [0.2, 0.25) is 0 Å². The van der Waals surface area contributed by atoms with Gasteiger partial charge in [0.15, 0.2) is 11.9 Å². The number of benzene rings is 3. The Hall–Kier alpha value is -4.19. The highest BCUT2D eigenvalue weighted by molar-refractivity contribution is 6.05. The highest BCUT2D eigenvalue weighted by Gasteiger charge is 2.37. The number of aliphatic imine (C=N–C) groups is 1. The lowest BCUT2D eigenvalue weighted by Crippen LogP contribution is -2.13. The molecule has 1 aromatic heterocycles.